The second-order valence-corrected chi connectivity index (χ2v) is 6.37. The number of H-pyrrole nitrogens is 1. The summed E-state index contributed by atoms with van der Waals surface area (Å²) in [6.45, 7) is 6.08. The molecule has 0 spiro atoms. The molecule has 128 valence electrons. The molecule has 0 saturated carbocycles. The second-order valence-electron chi connectivity index (χ2n) is 6.37. The topological polar surface area (TPSA) is 77.1 Å². The molecule has 4 aromatic rings. The van der Waals surface area contributed by atoms with E-state index in [0.29, 0.717) is 16.9 Å². The fraction of sp³-hybridized carbons (Fsp3) is 0.278. The molecule has 7 nitrogen and oxygen atoms in total. The van der Waals surface area contributed by atoms with Crippen LogP contribution in [0.2, 0.25) is 0 Å². The van der Waals surface area contributed by atoms with Crippen molar-refractivity contribution in [1.82, 2.24) is 23.5 Å². The molecule has 0 unspecified atom stereocenters. The van der Waals surface area contributed by atoms with E-state index in [4.69, 9.17) is 0 Å². The molecule has 3 heterocycles. The van der Waals surface area contributed by atoms with Crippen LogP contribution in [-0.4, -0.2) is 23.5 Å². The van der Waals surface area contributed by atoms with Gasteiger partial charge < -0.3 is 4.57 Å². The predicted octanol–water partition coefficient (Wildman–Crippen LogP) is 1.90. The van der Waals surface area contributed by atoms with Crippen molar-refractivity contribution in [3.05, 3.63) is 68.1 Å². The number of nitrogens with zero attached hydrogens (tertiary/aromatic N) is 4. The quantitative estimate of drug-likeness (QED) is 0.607. The maximum Gasteiger partial charge on any atom is 0.329 e. The number of imidazole rings is 2. The van der Waals surface area contributed by atoms with Gasteiger partial charge in [0.15, 0.2) is 11.2 Å². The summed E-state index contributed by atoms with van der Waals surface area (Å²) in [4.78, 5) is 31.3. The van der Waals surface area contributed by atoms with E-state index < -0.39 is 11.2 Å². The van der Waals surface area contributed by atoms with Crippen LogP contribution < -0.4 is 11.2 Å². The highest BCUT2D eigenvalue weighted by atomic mass is 16.2. The Kier molecular flexibility index (Phi) is 3.21. The van der Waals surface area contributed by atoms with Crippen molar-refractivity contribution in [1.29, 1.82) is 0 Å². The molecule has 0 radical (unpaired) electrons. The number of hydrogen-bond acceptors (Lipinski definition) is 3. The molecule has 25 heavy (non-hydrogen) atoms. The number of rotatable bonds is 2. The van der Waals surface area contributed by atoms with Crippen LogP contribution in [0.15, 0.2) is 39.9 Å². The van der Waals surface area contributed by atoms with Gasteiger partial charge in [-0.25, -0.2) is 4.79 Å². The zero-order valence-electron chi connectivity index (χ0n) is 14.6. The fourth-order valence-electron chi connectivity index (χ4n) is 3.48. The minimum atomic E-state index is -0.463. The first kappa shape index (κ1) is 15.4. The van der Waals surface area contributed by atoms with Gasteiger partial charge in [-0.1, -0.05) is 30.3 Å². The number of nitrogens with one attached hydrogen (secondary N) is 1. The Morgan fingerprint density at radius 2 is 1.76 bits per heavy atom. The van der Waals surface area contributed by atoms with Crippen LogP contribution in [0.1, 0.15) is 29.9 Å². The smallest absolute Gasteiger partial charge is 0.307 e. The standard InChI is InChI=1S/C18H19N5O2/c1-10-11(2)23-14-15(21(4)18(25)20-16(14)24)19-17(23)22(10)12(3)13-8-6-5-7-9-13/h5-9,12H,1-4H3,(H,20,24,25)/t12-/m0/s1. The molecule has 1 atom stereocenters. The monoisotopic (exact) mass is 337 g/mol. The largest absolute Gasteiger partial charge is 0.329 e. The molecule has 0 amide bonds. The van der Waals surface area contributed by atoms with E-state index >= 15 is 0 Å². The van der Waals surface area contributed by atoms with Crippen molar-refractivity contribution >= 4 is 16.9 Å². The van der Waals surface area contributed by atoms with Gasteiger partial charge in [0, 0.05) is 18.4 Å². The van der Waals surface area contributed by atoms with Gasteiger partial charge in [0.1, 0.15) is 0 Å². The average molecular weight is 337 g/mol. The molecule has 1 aromatic carbocycles. The Labute approximate surface area is 143 Å². The third kappa shape index (κ3) is 2.02. The molecule has 0 aliphatic rings. The molecule has 0 bridgehead atoms. The van der Waals surface area contributed by atoms with E-state index in [0.717, 1.165) is 17.0 Å². The third-order valence-corrected chi connectivity index (χ3v) is 5.00. The zero-order valence-corrected chi connectivity index (χ0v) is 14.6. The van der Waals surface area contributed by atoms with Gasteiger partial charge in [0.05, 0.1) is 6.04 Å². The Hall–Kier alpha value is -3.09. The summed E-state index contributed by atoms with van der Waals surface area (Å²) in [6.07, 6.45) is 0. The highest BCUT2D eigenvalue weighted by Crippen LogP contribution is 2.27. The zero-order chi connectivity index (χ0) is 17.9. The number of hydrogen-bond donors (Lipinski definition) is 1. The van der Waals surface area contributed by atoms with Gasteiger partial charge in [-0.05, 0) is 26.3 Å². The van der Waals surface area contributed by atoms with E-state index in [1.54, 1.807) is 7.05 Å². The minimum Gasteiger partial charge on any atom is -0.307 e. The summed E-state index contributed by atoms with van der Waals surface area (Å²) >= 11 is 0. The van der Waals surface area contributed by atoms with Crippen LogP contribution >= 0.6 is 0 Å². The van der Waals surface area contributed by atoms with Crippen LogP contribution in [0.5, 0.6) is 0 Å². The van der Waals surface area contributed by atoms with Crippen molar-refractivity contribution in [2.45, 2.75) is 26.8 Å². The SMILES string of the molecule is Cc1c(C)n2c3c(=O)[nH]c(=O)n(C)c3nc2n1[C@@H](C)c1ccccc1. The summed E-state index contributed by atoms with van der Waals surface area (Å²) in [5.74, 6) is 0.660. The number of aromatic amines is 1. The van der Waals surface area contributed by atoms with Crippen LogP contribution in [-0.2, 0) is 7.05 Å². The van der Waals surface area contributed by atoms with Crippen molar-refractivity contribution in [3.8, 4) is 0 Å². The Morgan fingerprint density at radius 1 is 1.08 bits per heavy atom. The molecule has 0 saturated heterocycles. The van der Waals surface area contributed by atoms with E-state index in [1.807, 2.05) is 36.4 Å². The average Bonchev–Trinajstić information content (AvgIpc) is 3.10. The number of fused-ring (bicyclic) bond motifs is 3. The predicted molar refractivity (Wildman–Crippen MR) is 96.3 cm³/mol. The van der Waals surface area contributed by atoms with Crippen molar-refractivity contribution < 1.29 is 0 Å². The van der Waals surface area contributed by atoms with E-state index in [-0.39, 0.29) is 6.04 Å². The molecule has 0 aliphatic carbocycles. The van der Waals surface area contributed by atoms with Crippen molar-refractivity contribution in [2.24, 2.45) is 7.05 Å². The molecule has 7 heteroatoms. The molecule has 3 aromatic heterocycles. The molecular formula is C18H19N5O2. The maximum atomic E-state index is 12.4. The van der Waals surface area contributed by atoms with Gasteiger partial charge in [-0.3, -0.25) is 18.7 Å². The maximum absolute atomic E-state index is 12.4. The first-order valence-electron chi connectivity index (χ1n) is 8.15. The van der Waals surface area contributed by atoms with Crippen LogP contribution in [0, 0.1) is 13.8 Å². The normalized spacial score (nSPS) is 13.0. The summed E-state index contributed by atoms with van der Waals surface area (Å²) in [6, 6.07) is 10.2. The van der Waals surface area contributed by atoms with E-state index in [9.17, 15) is 9.59 Å². The van der Waals surface area contributed by atoms with Gasteiger partial charge >= 0.3 is 5.69 Å². The lowest BCUT2D eigenvalue weighted by molar-refractivity contribution is 0.638. The third-order valence-electron chi connectivity index (χ3n) is 5.00. The summed E-state index contributed by atoms with van der Waals surface area (Å²) < 4.78 is 5.31. The van der Waals surface area contributed by atoms with Gasteiger partial charge in [-0.2, -0.15) is 4.98 Å². The Balaban J connectivity index is 2.14. The fourth-order valence-corrected chi connectivity index (χ4v) is 3.48. The van der Waals surface area contributed by atoms with Gasteiger partial charge in [0.25, 0.3) is 5.56 Å². The van der Waals surface area contributed by atoms with E-state index in [1.165, 1.54) is 4.57 Å². The summed E-state index contributed by atoms with van der Waals surface area (Å²) in [5.41, 5.74) is 3.03. The van der Waals surface area contributed by atoms with Crippen molar-refractivity contribution in [3.63, 3.8) is 0 Å². The van der Waals surface area contributed by atoms with Crippen LogP contribution in [0.3, 0.4) is 0 Å². The molecule has 4 rings (SSSR count). The molecular weight excluding hydrogens is 318 g/mol. The van der Waals surface area contributed by atoms with Crippen LogP contribution in [0.4, 0.5) is 0 Å². The van der Waals surface area contributed by atoms with Crippen LogP contribution in [0.25, 0.3) is 16.9 Å². The lowest BCUT2D eigenvalue weighted by Crippen LogP contribution is -2.28. The Bertz CT molecular complexity index is 1220. The van der Waals surface area contributed by atoms with E-state index in [2.05, 4.69) is 33.6 Å². The minimum absolute atomic E-state index is 0.0466. The second kappa shape index (κ2) is 5.20. The lowest BCUT2D eigenvalue weighted by Gasteiger charge is -2.16. The highest BCUT2D eigenvalue weighted by Gasteiger charge is 2.23. The highest BCUT2D eigenvalue weighted by molar-refractivity contribution is 5.76. The van der Waals surface area contributed by atoms with Gasteiger partial charge in [-0.15, -0.1) is 0 Å². The molecule has 0 aliphatic heterocycles. The molecule has 0 fully saturated rings. The lowest BCUT2D eigenvalue weighted by atomic mass is 10.1. The summed E-state index contributed by atoms with van der Waals surface area (Å²) in [5, 5.41) is 0. The first-order valence-corrected chi connectivity index (χ1v) is 8.15. The number of aryl methyl sites for hydroxylation is 2. The summed E-state index contributed by atoms with van der Waals surface area (Å²) in [7, 11) is 1.61. The number of aromatic nitrogens is 5. The van der Waals surface area contributed by atoms with Gasteiger partial charge in [0.2, 0.25) is 5.78 Å². The van der Waals surface area contributed by atoms with Crippen molar-refractivity contribution in [2.75, 3.05) is 0 Å². The molecule has 1 N–H and O–H groups in total. The first-order chi connectivity index (χ1) is 11.9. The number of benzene rings is 1. The Morgan fingerprint density at radius 3 is 2.44 bits per heavy atom.